The molecule has 0 aromatic heterocycles. The monoisotopic (exact) mass is 280 g/mol. The number of likely N-dealkylation sites (tertiary alicyclic amines) is 1. The standard InChI is InChI=1S/C15H24N2O3/c18-13(19)11-17(12-3-4-12)14(20)16-9-7-15(8-10-16)5-1-2-6-15/h12H,1-11H2,(H,18,19). The Labute approximate surface area is 119 Å². The molecule has 1 aliphatic heterocycles. The van der Waals surface area contributed by atoms with Crippen molar-refractivity contribution in [3.05, 3.63) is 0 Å². The highest BCUT2D eigenvalue weighted by atomic mass is 16.4. The molecule has 3 aliphatic rings. The van der Waals surface area contributed by atoms with Gasteiger partial charge in [0.2, 0.25) is 0 Å². The number of piperidine rings is 1. The minimum Gasteiger partial charge on any atom is -0.480 e. The highest BCUT2D eigenvalue weighted by Gasteiger charge is 2.41. The molecular weight excluding hydrogens is 256 g/mol. The Morgan fingerprint density at radius 3 is 2.20 bits per heavy atom. The third-order valence-electron chi connectivity index (χ3n) is 5.30. The minimum atomic E-state index is -0.908. The number of nitrogens with zero attached hydrogens (tertiary/aromatic N) is 2. The molecule has 112 valence electrons. The van der Waals surface area contributed by atoms with E-state index in [2.05, 4.69) is 0 Å². The van der Waals surface area contributed by atoms with Gasteiger partial charge in [0.25, 0.3) is 0 Å². The number of hydrogen-bond donors (Lipinski definition) is 1. The van der Waals surface area contributed by atoms with Crippen molar-refractivity contribution in [2.75, 3.05) is 19.6 Å². The summed E-state index contributed by atoms with van der Waals surface area (Å²) in [4.78, 5) is 26.9. The van der Waals surface area contributed by atoms with Gasteiger partial charge in [-0.25, -0.2) is 4.79 Å². The maximum atomic E-state index is 12.5. The second-order valence-electron chi connectivity index (χ2n) is 6.73. The van der Waals surface area contributed by atoms with Crippen LogP contribution in [0.2, 0.25) is 0 Å². The number of amides is 2. The van der Waals surface area contributed by atoms with Crippen LogP contribution in [0.1, 0.15) is 51.4 Å². The van der Waals surface area contributed by atoms with E-state index < -0.39 is 5.97 Å². The summed E-state index contributed by atoms with van der Waals surface area (Å²) in [5.41, 5.74) is 0.494. The minimum absolute atomic E-state index is 0.0530. The van der Waals surface area contributed by atoms with Crippen LogP contribution in [0.5, 0.6) is 0 Å². The molecule has 2 amide bonds. The van der Waals surface area contributed by atoms with Gasteiger partial charge in [0.05, 0.1) is 0 Å². The molecular formula is C15H24N2O3. The molecule has 0 unspecified atom stereocenters. The summed E-state index contributed by atoms with van der Waals surface area (Å²) in [6.45, 7) is 1.47. The predicted molar refractivity (Wildman–Crippen MR) is 74.5 cm³/mol. The van der Waals surface area contributed by atoms with Crippen molar-refractivity contribution in [2.24, 2.45) is 5.41 Å². The molecule has 5 nitrogen and oxygen atoms in total. The predicted octanol–water partition coefficient (Wildman–Crippen LogP) is 2.31. The Hall–Kier alpha value is -1.26. The summed E-state index contributed by atoms with van der Waals surface area (Å²) >= 11 is 0. The van der Waals surface area contributed by atoms with E-state index in [1.807, 2.05) is 4.90 Å². The van der Waals surface area contributed by atoms with Crippen LogP contribution in [-0.2, 0) is 4.79 Å². The number of rotatable bonds is 3. The van der Waals surface area contributed by atoms with Crippen LogP contribution in [0.15, 0.2) is 0 Å². The van der Waals surface area contributed by atoms with Crippen LogP contribution < -0.4 is 0 Å². The van der Waals surface area contributed by atoms with E-state index in [0.29, 0.717) is 5.41 Å². The molecule has 1 heterocycles. The van der Waals surface area contributed by atoms with Gasteiger partial charge < -0.3 is 14.9 Å². The molecule has 0 radical (unpaired) electrons. The normalized spacial score (nSPS) is 24.9. The fourth-order valence-electron chi connectivity index (χ4n) is 3.86. The zero-order valence-corrected chi connectivity index (χ0v) is 12.0. The summed E-state index contributed by atoms with van der Waals surface area (Å²) < 4.78 is 0. The average Bonchev–Trinajstić information content (AvgIpc) is 3.18. The number of aliphatic carboxylic acids is 1. The highest BCUT2D eigenvalue weighted by molar-refractivity contribution is 5.80. The first-order valence-corrected chi connectivity index (χ1v) is 7.87. The summed E-state index contributed by atoms with van der Waals surface area (Å²) in [6.07, 6.45) is 9.41. The van der Waals surface area contributed by atoms with Crippen LogP contribution >= 0.6 is 0 Å². The molecule has 1 N–H and O–H groups in total. The largest absolute Gasteiger partial charge is 0.480 e. The Balaban J connectivity index is 1.58. The van der Waals surface area contributed by atoms with Gasteiger partial charge >= 0.3 is 12.0 Å². The molecule has 1 saturated heterocycles. The first kappa shape index (κ1) is 13.7. The Bertz CT molecular complexity index is 390. The van der Waals surface area contributed by atoms with Crippen molar-refractivity contribution < 1.29 is 14.7 Å². The molecule has 2 saturated carbocycles. The zero-order valence-electron chi connectivity index (χ0n) is 12.0. The van der Waals surface area contributed by atoms with Gasteiger partial charge in [-0.05, 0) is 43.9 Å². The molecule has 3 rings (SSSR count). The number of carboxylic acids is 1. The van der Waals surface area contributed by atoms with E-state index >= 15 is 0 Å². The molecule has 0 atom stereocenters. The molecule has 0 aromatic rings. The van der Waals surface area contributed by atoms with Crippen LogP contribution in [0.3, 0.4) is 0 Å². The molecule has 1 spiro atoms. The summed E-state index contributed by atoms with van der Waals surface area (Å²) in [7, 11) is 0. The molecule has 3 fully saturated rings. The lowest BCUT2D eigenvalue weighted by Crippen LogP contribution is -2.50. The van der Waals surface area contributed by atoms with Crippen molar-refractivity contribution in [1.29, 1.82) is 0 Å². The third-order valence-corrected chi connectivity index (χ3v) is 5.30. The Morgan fingerprint density at radius 1 is 1.10 bits per heavy atom. The van der Waals surface area contributed by atoms with Crippen molar-refractivity contribution >= 4 is 12.0 Å². The summed E-state index contributed by atoms with van der Waals surface area (Å²) in [5, 5.41) is 8.96. The fourth-order valence-corrected chi connectivity index (χ4v) is 3.86. The number of carbonyl (C=O) groups is 2. The number of carboxylic acid groups (broad SMARTS) is 1. The maximum absolute atomic E-state index is 12.5. The van der Waals surface area contributed by atoms with Crippen LogP contribution in [-0.4, -0.2) is 52.6 Å². The quantitative estimate of drug-likeness (QED) is 0.863. The lowest BCUT2D eigenvalue weighted by atomic mass is 9.77. The molecule has 0 bridgehead atoms. The lowest BCUT2D eigenvalue weighted by Gasteiger charge is -2.41. The number of hydrogen-bond acceptors (Lipinski definition) is 2. The van der Waals surface area contributed by atoms with Gasteiger partial charge in [0, 0.05) is 19.1 Å². The van der Waals surface area contributed by atoms with Crippen molar-refractivity contribution in [2.45, 2.75) is 57.4 Å². The molecule has 5 heteroatoms. The smallest absolute Gasteiger partial charge is 0.323 e. The van der Waals surface area contributed by atoms with Crippen molar-refractivity contribution in [3.63, 3.8) is 0 Å². The van der Waals surface area contributed by atoms with Gasteiger partial charge in [0.15, 0.2) is 0 Å². The van der Waals surface area contributed by atoms with E-state index in [1.54, 1.807) is 4.90 Å². The fraction of sp³-hybridized carbons (Fsp3) is 0.867. The van der Waals surface area contributed by atoms with Gasteiger partial charge in [-0.2, -0.15) is 0 Å². The summed E-state index contributed by atoms with van der Waals surface area (Å²) in [5.74, 6) is -0.908. The first-order valence-electron chi connectivity index (χ1n) is 7.87. The van der Waals surface area contributed by atoms with E-state index in [0.717, 1.165) is 38.8 Å². The van der Waals surface area contributed by atoms with Gasteiger partial charge in [-0.15, -0.1) is 0 Å². The Morgan fingerprint density at radius 2 is 1.70 bits per heavy atom. The second kappa shape index (κ2) is 5.26. The number of urea groups is 1. The average molecular weight is 280 g/mol. The Kier molecular flexibility index (Phi) is 3.61. The second-order valence-corrected chi connectivity index (χ2v) is 6.73. The maximum Gasteiger partial charge on any atom is 0.323 e. The van der Waals surface area contributed by atoms with Crippen LogP contribution in [0.25, 0.3) is 0 Å². The molecule has 20 heavy (non-hydrogen) atoms. The summed E-state index contributed by atoms with van der Waals surface area (Å²) in [6, 6.07) is 0.115. The zero-order chi connectivity index (χ0) is 14.2. The SMILES string of the molecule is O=C(O)CN(C(=O)N1CCC2(CCCC2)CC1)C1CC1. The highest BCUT2D eigenvalue weighted by Crippen LogP contribution is 2.46. The lowest BCUT2D eigenvalue weighted by molar-refractivity contribution is -0.137. The molecule has 2 aliphatic carbocycles. The van der Waals surface area contributed by atoms with Gasteiger partial charge in [-0.3, -0.25) is 4.79 Å². The number of carbonyl (C=O) groups excluding carboxylic acids is 1. The van der Waals surface area contributed by atoms with E-state index in [1.165, 1.54) is 25.7 Å². The third kappa shape index (κ3) is 2.76. The van der Waals surface area contributed by atoms with Crippen molar-refractivity contribution in [1.82, 2.24) is 9.80 Å². The van der Waals surface area contributed by atoms with Crippen LogP contribution in [0, 0.1) is 5.41 Å². The van der Waals surface area contributed by atoms with Gasteiger partial charge in [-0.1, -0.05) is 12.8 Å². The topological polar surface area (TPSA) is 60.9 Å². The van der Waals surface area contributed by atoms with Gasteiger partial charge in [0.1, 0.15) is 6.54 Å². The van der Waals surface area contributed by atoms with E-state index in [-0.39, 0.29) is 18.6 Å². The molecule has 0 aromatic carbocycles. The van der Waals surface area contributed by atoms with Crippen molar-refractivity contribution in [3.8, 4) is 0 Å². The van der Waals surface area contributed by atoms with E-state index in [4.69, 9.17) is 5.11 Å². The van der Waals surface area contributed by atoms with E-state index in [9.17, 15) is 9.59 Å². The van der Waals surface area contributed by atoms with Crippen LogP contribution in [0.4, 0.5) is 4.79 Å². The first-order chi connectivity index (χ1) is 9.60.